The minimum atomic E-state index is 0.114. The van der Waals surface area contributed by atoms with Gasteiger partial charge in [-0.05, 0) is 22.0 Å². The van der Waals surface area contributed by atoms with Gasteiger partial charge >= 0.3 is 0 Å². The fourth-order valence-corrected chi connectivity index (χ4v) is 3.91. The predicted octanol–water partition coefficient (Wildman–Crippen LogP) is 2.45. The number of benzene rings is 1. The van der Waals surface area contributed by atoms with Crippen LogP contribution >= 0.6 is 27.3 Å². The maximum absolute atomic E-state index is 9.02. The van der Waals surface area contributed by atoms with Gasteiger partial charge in [-0.25, -0.2) is 0 Å². The second-order valence-corrected chi connectivity index (χ2v) is 5.99. The van der Waals surface area contributed by atoms with Gasteiger partial charge < -0.3 is 10.2 Å². The molecule has 1 aromatic carbocycles. The van der Waals surface area contributed by atoms with E-state index in [9.17, 15) is 0 Å². The zero-order valence-corrected chi connectivity index (χ0v) is 12.4. The van der Waals surface area contributed by atoms with Gasteiger partial charge in [0, 0.05) is 39.1 Å². The minimum absolute atomic E-state index is 0.114. The van der Waals surface area contributed by atoms with Crippen LogP contribution in [0, 0.1) is 0 Å². The van der Waals surface area contributed by atoms with E-state index in [4.69, 9.17) is 10.2 Å². The van der Waals surface area contributed by atoms with Crippen molar-refractivity contribution in [3.05, 3.63) is 33.6 Å². The lowest BCUT2D eigenvalue weighted by atomic mass is 10.2. The van der Waals surface area contributed by atoms with Crippen molar-refractivity contribution >= 4 is 37.4 Å². The molecule has 1 heterocycles. The summed E-state index contributed by atoms with van der Waals surface area (Å²) in [5, 5.41) is 19.3. The summed E-state index contributed by atoms with van der Waals surface area (Å²) < 4.78 is 2.39. The van der Waals surface area contributed by atoms with E-state index in [0.717, 1.165) is 11.0 Å². The molecule has 0 radical (unpaired) electrons. The largest absolute Gasteiger partial charge is 0.395 e. The van der Waals surface area contributed by atoms with Crippen molar-refractivity contribution < 1.29 is 10.2 Å². The molecule has 0 atom stereocenters. The van der Waals surface area contributed by atoms with Crippen LogP contribution in [-0.2, 0) is 6.54 Å². The van der Waals surface area contributed by atoms with Gasteiger partial charge in [-0.15, -0.1) is 11.3 Å². The van der Waals surface area contributed by atoms with Crippen molar-refractivity contribution in [2.45, 2.75) is 6.54 Å². The molecule has 0 fully saturated rings. The Morgan fingerprint density at radius 1 is 1.11 bits per heavy atom. The normalized spacial score (nSPS) is 11.6. The first-order valence-electron chi connectivity index (χ1n) is 5.86. The van der Waals surface area contributed by atoms with Crippen LogP contribution in [-0.4, -0.2) is 41.4 Å². The zero-order valence-electron chi connectivity index (χ0n) is 9.97. The molecule has 2 aromatic rings. The van der Waals surface area contributed by atoms with E-state index in [2.05, 4.69) is 33.0 Å². The summed E-state index contributed by atoms with van der Waals surface area (Å²) in [6.45, 7) is 2.15. The number of thiophene rings is 1. The number of hydrogen-bond donors (Lipinski definition) is 2. The summed E-state index contributed by atoms with van der Waals surface area (Å²) in [6, 6.07) is 8.27. The molecular formula is C13H16BrNO2S. The van der Waals surface area contributed by atoms with Crippen molar-refractivity contribution in [3.8, 4) is 0 Å². The van der Waals surface area contributed by atoms with Crippen LogP contribution in [0.1, 0.15) is 4.88 Å². The first-order chi connectivity index (χ1) is 8.76. The second-order valence-electron chi connectivity index (χ2n) is 4.06. The van der Waals surface area contributed by atoms with Gasteiger partial charge in [-0.1, -0.05) is 18.2 Å². The third kappa shape index (κ3) is 3.10. The number of hydrogen-bond acceptors (Lipinski definition) is 4. The van der Waals surface area contributed by atoms with Crippen LogP contribution < -0.4 is 0 Å². The number of aliphatic hydroxyl groups excluding tert-OH is 2. The average molecular weight is 330 g/mol. The summed E-state index contributed by atoms with van der Waals surface area (Å²) in [5.74, 6) is 0. The highest BCUT2D eigenvalue weighted by Crippen LogP contribution is 2.36. The quantitative estimate of drug-likeness (QED) is 0.855. The summed E-state index contributed by atoms with van der Waals surface area (Å²) >= 11 is 5.39. The molecule has 2 rings (SSSR count). The lowest BCUT2D eigenvalue weighted by molar-refractivity contribution is 0.156. The van der Waals surface area contributed by atoms with E-state index in [1.165, 1.54) is 15.0 Å². The van der Waals surface area contributed by atoms with E-state index in [0.29, 0.717) is 13.1 Å². The van der Waals surface area contributed by atoms with E-state index in [1.54, 1.807) is 11.3 Å². The molecule has 1 aromatic heterocycles. The molecular weight excluding hydrogens is 314 g/mol. The smallest absolute Gasteiger partial charge is 0.0558 e. The summed E-state index contributed by atoms with van der Waals surface area (Å²) in [6.07, 6.45) is 0. The minimum Gasteiger partial charge on any atom is -0.395 e. The van der Waals surface area contributed by atoms with E-state index < -0.39 is 0 Å². The molecule has 5 heteroatoms. The van der Waals surface area contributed by atoms with Crippen molar-refractivity contribution in [2.24, 2.45) is 0 Å². The summed E-state index contributed by atoms with van der Waals surface area (Å²) in [4.78, 5) is 3.29. The monoisotopic (exact) mass is 329 g/mol. The van der Waals surface area contributed by atoms with Gasteiger partial charge in [0.05, 0.1) is 13.2 Å². The standard InChI is InChI=1S/C13H16BrNO2S/c14-13-10-3-1-2-4-11(10)18-12(13)9-15(5-7-16)6-8-17/h1-4,16-17H,5-9H2. The molecule has 0 saturated carbocycles. The van der Waals surface area contributed by atoms with E-state index in [-0.39, 0.29) is 13.2 Å². The van der Waals surface area contributed by atoms with Gasteiger partial charge in [0.25, 0.3) is 0 Å². The maximum Gasteiger partial charge on any atom is 0.0558 e. The van der Waals surface area contributed by atoms with Gasteiger partial charge in [0.15, 0.2) is 0 Å². The Balaban J connectivity index is 2.22. The third-order valence-electron chi connectivity index (χ3n) is 2.80. The van der Waals surface area contributed by atoms with Gasteiger partial charge in [0.2, 0.25) is 0 Å². The molecule has 2 N–H and O–H groups in total. The Morgan fingerprint density at radius 3 is 2.39 bits per heavy atom. The first-order valence-corrected chi connectivity index (χ1v) is 7.47. The highest BCUT2D eigenvalue weighted by Gasteiger charge is 2.12. The van der Waals surface area contributed by atoms with Crippen LogP contribution in [0.2, 0.25) is 0 Å². The van der Waals surface area contributed by atoms with Crippen LogP contribution in [0.4, 0.5) is 0 Å². The van der Waals surface area contributed by atoms with Crippen molar-refractivity contribution in [2.75, 3.05) is 26.3 Å². The van der Waals surface area contributed by atoms with Crippen molar-refractivity contribution in [1.29, 1.82) is 0 Å². The van der Waals surface area contributed by atoms with Gasteiger partial charge in [-0.2, -0.15) is 0 Å². The topological polar surface area (TPSA) is 43.7 Å². The molecule has 0 spiro atoms. The Hall–Kier alpha value is -0.460. The molecule has 3 nitrogen and oxygen atoms in total. The van der Waals surface area contributed by atoms with Crippen LogP contribution in [0.25, 0.3) is 10.1 Å². The Bertz CT molecular complexity index is 509. The third-order valence-corrected chi connectivity index (χ3v) is 5.12. The number of aliphatic hydroxyl groups is 2. The number of fused-ring (bicyclic) bond motifs is 1. The van der Waals surface area contributed by atoms with Crippen LogP contribution in [0.5, 0.6) is 0 Å². The zero-order chi connectivity index (χ0) is 13.0. The molecule has 0 saturated heterocycles. The summed E-state index contributed by atoms with van der Waals surface area (Å²) in [7, 11) is 0. The number of rotatable bonds is 6. The fourth-order valence-electron chi connectivity index (χ4n) is 1.92. The second kappa shape index (κ2) is 6.63. The Kier molecular flexibility index (Phi) is 5.14. The highest BCUT2D eigenvalue weighted by atomic mass is 79.9. The summed E-state index contributed by atoms with van der Waals surface area (Å²) in [5.41, 5.74) is 0. The molecule has 0 aliphatic rings. The van der Waals surface area contributed by atoms with Crippen molar-refractivity contribution in [1.82, 2.24) is 4.90 Å². The molecule has 0 unspecified atom stereocenters. The maximum atomic E-state index is 9.02. The molecule has 98 valence electrons. The molecule has 0 bridgehead atoms. The molecule has 0 aliphatic heterocycles. The van der Waals surface area contributed by atoms with Crippen molar-refractivity contribution in [3.63, 3.8) is 0 Å². The number of halogens is 1. The fraction of sp³-hybridized carbons (Fsp3) is 0.385. The van der Waals surface area contributed by atoms with E-state index in [1.807, 2.05) is 12.1 Å². The lowest BCUT2D eigenvalue weighted by Crippen LogP contribution is -2.29. The van der Waals surface area contributed by atoms with Gasteiger partial charge in [0.1, 0.15) is 0 Å². The molecule has 0 amide bonds. The van der Waals surface area contributed by atoms with Crippen LogP contribution in [0.15, 0.2) is 28.7 Å². The molecule has 18 heavy (non-hydrogen) atoms. The number of nitrogens with zero attached hydrogens (tertiary/aromatic N) is 1. The average Bonchev–Trinajstić information content (AvgIpc) is 2.68. The Morgan fingerprint density at radius 2 is 1.78 bits per heavy atom. The first kappa shape index (κ1) is 14.0. The lowest BCUT2D eigenvalue weighted by Gasteiger charge is -2.19. The van der Waals surface area contributed by atoms with E-state index >= 15 is 0 Å². The van der Waals surface area contributed by atoms with Crippen LogP contribution in [0.3, 0.4) is 0 Å². The predicted molar refractivity (Wildman–Crippen MR) is 79.0 cm³/mol. The SMILES string of the molecule is OCCN(CCO)Cc1sc2ccccc2c1Br. The Labute approximate surface area is 119 Å². The highest BCUT2D eigenvalue weighted by molar-refractivity contribution is 9.10. The molecule has 0 aliphatic carbocycles. The van der Waals surface area contributed by atoms with Gasteiger partial charge in [-0.3, -0.25) is 4.90 Å².